The maximum Gasteiger partial charge on any atom is 0.410 e. The van der Waals surface area contributed by atoms with Gasteiger partial charge in [-0.3, -0.25) is 4.90 Å². The van der Waals surface area contributed by atoms with Crippen LogP contribution in [0.3, 0.4) is 0 Å². The summed E-state index contributed by atoms with van der Waals surface area (Å²) in [6.45, 7) is 34.8. The summed E-state index contributed by atoms with van der Waals surface area (Å²) < 4.78 is 17.2. The fraction of sp³-hybridized carbons (Fsp3) is 0.516. The van der Waals surface area contributed by atoms with Crippen molar-refractivity contribution in [2.75, 3.05) is 94.4 Å². The van der Waals surface area contributed by atoms with Gasteiger partial charge in [0, 0.05) is 70.9 Å². The van der Waals surface area contributed by atoms with Crippen LogP contribution in [0.2, 0.25) is 10.0 Å². The van der Waals surface area contributed by atoms with Crippen LogP contribution in [0.1, 0.15) is 110 Å². The summed E-state index contributed by atoms with van der Waals surface area (Å²) in [4.78, 5) is 47.5. The summed E-state index contributed by atoms with van der Waals surface area (Å²) >= 11 is 13.1. The molecule has 0 saturated carbocycles. The minimum absolute atomic E-state index is 0. The first-order chi connectivity index (χ1) is 39.8. The molecule has 0 radical (unpaired) electrons. The number of ether oxygens (including phenoxy) is 3. The second-order valence-corrected chi connectivity index (χ2v) is 23.9. The molecule has 0 unspecified atom stereocenters. The molecule has 0 spiro atoms. The lowest BCUT2D eigenvalue weighted by atomic mass is 10.0. The van der Waals surface area contributed by atoms with Gasteiger partial charge in [0.25, 0.3) is 0 Å². The molecule has 23 heteroatoms. The zero-order valence-corrected chi connectivity index (χ0v) is 57.6. The Balaban J connectivity index is 0.000000328. The second kappa shape index (κ2) is 36.2. The molecule has 4 N–H and O–H groups in total. The Hall–Kier alpha value is -5.49. The van der Waals surface area contributed by atoms with E-state index in [1.165, 1.54) is 25.7 Å². The van der Waals surface area contributed by atoms with Gasteiger partial charge in [-0.05, 0) is 142 Å². The molecule has 2 aromatic heterocycles. The van der Waals surface area contributed by atoms with Gasteiger partial charge in [0.15, 0.2) is 0 Å². The highest BCUT2D eigenvalue weighted by Crippen LogP contribution is 2.38. The molecular formula is C64H93Cl2N13O4S4. The number of hydrogen-bond acceptors (Lipinski definition) is 14. The predicted octanol–water partition coefficient (Wildman–Crippen LogP) is 13.1. The summed E-state index contributed by atoms with van der Waals surface area (Å²) in [7, 11) is 4.27. The third-order valence-electron chi connectivity index (χ3n) is 15.7. The Morgan fingerprint density at radius 2 is 1.10 bits per heavy atom. The van der Waals surface area contributed by atoms with E-state index in [9.17, 15) is 4.79 Å². The smallest absolute Gasteiger partial charge is 0.410 e. The fourth-order valence-corrected chi connectivity index (χ4v) is 11.7. The number of likely N-dealkylation sites (tertiary alicyclic amines) is 2. The van der Waals surface area contributed by atoms with E-state index in [0.717, 1.165) is 117 Å². The number of benzene rings is 4. The number of halogens is 2. The van der Waals surface area contributed by atoms with Crippen molar-refractivity contribution in [3.8, 4) is 12.0 Å². The normalized spacial score (nSPS) is 16.7. The van der Waals surface area contributed by atoms with Crippen molar-refractivity contribution in [1.82, 2.24) is 34.6 Å². The second-order valence-electron chi connectivity index (χ2n) is 23.1. The van der Waals surface area contributed by atoms with Crippen LogP contribution in [0.4, 0.5) is 27.8 Å². The largest absolute Gasteiger partial charge is 0.462 e. The van der Waals surface area contributed by atoms with Gasteiger partial charge < -0.3 is 55.0 Å². The predicted molar refractivity (Wildman–Crippen MR) is 379 cm³/mol. The first-order valence-electron chi connectivity index (χ1n) is 29.3. The van der Waals surface area contributed by atoms with Gasteiger partial charge in [0.05, 0.1) is 34.5 Å². The SMILES string of the molecule is CN1CCC[C@H]1COc1nc(N)c2c(n1)CN(c1cccc3cccc(Cl)c13)CC2.CN1CCC[C@H]1COc1nc(N)c2c(n1)CN(c1cccc3cccc(Cl)c13)CC2.S.S.S.S.[C-]#[N+]C[C@@H](C)CCC.[C-]#[N+]C[C@@H](C)N(CC)C(=O)OC(C)(C)C. The summed E-state index contributed by atoms with van der Waals surface area (Å²) in [5.74, 6) is 1.67. The number of carbonyl (C=O) groups is 1. The highest BCUT2D eigenvalue weighted by Gasteiger charge is 2.29. The summed E-state index contributed by atoms with van der Waals surface area (Å²) in [6, 6.07) is 26.1. The Bertz CT molecular complexity index is 3060. The summed E-state index contributed by atoms with van der Waals surface area (Å²) in [5.41, 5.74) is 18.2. The molecule has 17 nitrogen and oxygen atoms in total. The van der Waals surface area contributed by atoms with Crippen LogP contribution in [-0.4, -0.2) is 138 Å². The van der Waals surface area contributed by atoms with Crippen LogP contribution in [0.5, 0.6) is 12.0 Å². The van der Waals surface area contributed by atoms with Crippen LogP contribution < -0.4 is 30.7 Å². The number of hydrogen-bond donors (Lipinski definition) is 2. The highest BCUT2D eigenvalue weighted by atomic mass is 35.5. The van der Waals surface area contributed by atoms with Gasteiger partial charge in [0.2, 0.25) is 13.1 Å². The molecule has 6 aromatic rings. The molecule has 4 aromatic carbocycles. The molecule has 2 fully saturated rings. The van der Waals surface area contributed by atoms with E-state index in [1.807, 2.05) is 58.9 Å². The Kier molecular flexibility index (Phi) is 31.6. The average Bonchev–Trinajstić information content (AvgIpc) is 1.99. The van der Waals surface area contributed by atoms with Crippen LogP contribution in [0, 0.1) is 19.1 Å². The number of aromatic nitrogens is 4. The lowest BCUT2D eigenvalue weighted by Crippen LogP contribution is -2.43. The molecule has 0 bridgehead atoms. The van der Waals surface area contributed by atoms with Crippen molar-refractivity contribution in [2.24, 2.45) is 5.92 Å². The Labute approximate surface area is 555 Å². The first-order valence-corrected chi connectivity index (χ1v) is 30.0. The number of fused-ring (bicyclic) bond motifs is 4. The maximum atomic E-state index is 11.7. The molecule has 1 amide bonds. The lowest BCUT2D eigenvalue weighted by Gasteiger charge is -2.31. The van der Waals surface area contributed by atoms with Crippen LogP contribution in [0.15, 0.2) is 72.8 Å². The minimum atomic E-state index is -0.484. The highest BCUT2D eigenvalue weighted by molar-refractivity contribution is 7.59. The molecule has 4 aliphatic heterocycles. The van der Waals surface area contributed by atoms with Gasteiger partial charge in [-0.1, -0.05) is 92.0 Å². The van der Waals surface area contributed by atoms with Crippen molar-refractivity contribution in [3.63, 3.8) is 0 Å². The fourth-order valence-electron chi connectivity index (χ4n) is 11.1. The van der Waals surface area contributed by atoms with E-state index in [2.05, 4.69) is 116 Å². The molecule has 0 aliphatic carbocycles. The number of nitrogens with two attached hydrogens (primary N) is 2. The Morgan fingerprint density at radius 1 is 0.678 bits per heavy atom. The third kappa shape index (κ3) is 20.8. The molecule has 6 heterocycles. The summed E-state index contributed by atoms with van der Waals surface area (Å²) in [6.07, 6.45) is 8.36. The van der Waals surface area contributed by atoms with Crippen LogP contribution in [0.25, 0.3) is 31.2 Å². The monoisotopic (exact) mass is 1310 g/mol. The minimum Gasteiger partial charge on any atom is -0.462 e. The zero-order valence-electron chi connectivity index (χ0n) is 52.1. The van der Waals surface area contributed by atoms with E-state index in [0.29, 0.717) is 87.6 Å². The average molecular weight is 1310 g/mol. The maximum absolute atomic E-state index is 11.7. The standard InChI is InChI=1S/2C23H26ClN5O.C11H20N2O2.C7H13N.4H2S/c2*1-28-11-4-7-16(28)14-30-23-26-19-13-29(12-10-17(19)22(25)27-23)20-9-3-6-15-5-2-8-18(24)21(15)20;1-7-13(9(2)8-12-6)10(14)15-11(3,4)5;1-4-5-7(2)6-8-3;;;;/h2*2-3,5-6,8-9,16H,4,7,10-14H2,1H3,(H2,25,26,27);9H,7-8H2,1-5H3;7H,4-6H2,1-2H3;4*1H2/t2*16-;9-;7-;;;;/m0010..../s1. The lowest BCUT2D eigenvalue weighted by molar-refractivity contribution is 0.0201. The van der Waals surface area contributed by atoms with Gasteiger partial charge in [-0.25, -0.2) is 17.9 Å². The number of rotatable bonds is 14. The molecule has 4 atom stereocenters. The van der Waals surface area contributed by atoms with Crippen molar-refractivity contribution in [3.05, 3.63) is 128 Å². The quantitative estimate of drug-likeness (QED) is 0.0986. The van der Waals surface area contributed by atoms with Gasteiger partial charge in [0.1, 0.15) is 36.5 Å². The van der Waals surface area contributed by atoms with Crippen molar-refractivity contribution in [2.45, 2.75) is 137 Å². The molecule has 2 saturated heterocycles. The van der Waals surface area contributed by atoms with E-state index >= 15 is 0 Å². The van der Waals surface area contributed by atoms with E-state index in [1.54, 1.807) is 4.90 Å². The number of nitrogen functional groups attached to an aromatic ring is 2. The number of likely N-dealkylation sites (N-methyl/N-ethyl adjacent to an activating group) is 3. The van der Waals surface area contributed by atoms with E-state index in [4.69, 9.17) is 72.0 Å². The van der Waals surface area contributed by atoms with Crippen molar-refractivity contribution < 1.29 is 19.0 Å². The van der Waals surface area contributed by atoms with E-state index < -0.39 is 5.60 Å². The van der Waals surface area contributed by atoms with E-state index in [-0.39, 0.29) is 66.1 Å². The molecule has 4 aliphatic rings. The van der Waals surface area contributed by atoms with Gasteiger partial charge in [-0.15, -0.1) is 0 Å². The zero-order chi connectivity index (χ0) is 59.8. The van der Waals surface area contributed by atoms with Crippen LogP contribution >= 0.6 is 77.2 Å². The first kappa shape index (κ1) is 75.8. The number of nitrogens with zero attached hydrogens (tertiary/aromatic N) is 11. The topological polar surface area (TPSA) is 173 Å². The third-order valence-corrected chi connectivity index (χ3v) is 16.3. The van der Waals surface area contributed by atoms with Crippen LogP contribution in [-0.2, 0) is 30.7 Å². The molecule has 10 rings (SSSR count). The van der Waals surface area contributed by atoms with Gasteiger partial charge >= 0.3 is 18.1 Å². The molecular weight excluding hydrogens is 1210 g/mol. The van der Waals surface area contributed by atoms with Gasteiger partial charge in [-0.2, -0.15) is 73.9 Å². The molecule has 87 heavy (non-hydrogen) atoms. The Morgan fingerprint density at radius 3 is 1.47 bits per heavy atom. The van der Waals surface area contributed by atoms with Crippen molar-refractivity contribution >= 4 is 128 Å². The number of amides is 1. The summed E-state index contributed by atoms with van der Waals surface area (Å²) in [5, 5.41) is 5.96. The number of carbonyl (C=O) groups excluding carboxylic acids is 1. The van der Waals surface area contributed by atoms with Crippen molar-refractivity contribution in [1.29, 1.82) is 0 Å². The number of anilines is 4. The molecule has 476 valence electrons.